The minimum atomic E-state index is 0.467. The molecule has 1 atom stereocenters. The van der Waals surface area contributed by atoms with Gasteiger partial charge in [-0.05, 0) is 29.9 Å². The lowest BCUT2D eigenvalue weighted by Crippen LogP contribution is -2.43. The van der Waals surface area contributed by atoms with Gasteiger partial charge in [0.05, 0.1) is 0 Å². The van der Waals surface area contributed by atoms with Crippen LogP contribution in [0.25, 0.3) is 0 Å². The summed E-state index contributed by atoms with van der Waals surface area (Å²) >= 11 is 0. The van der Waals surface area contributed by atoms with Crippen molar-refractivity contribution >= 4 is 0 Å². The van der Waals surface area contributed by atoms with Gasteiger partial charge >= 0.3 is 0 Å². The average molecular weight is 206 g/mol. The molecule has 1 saturated carbocycles. The van der Waals surface area contributed by atoms with Crippen LogP contribution in [0.2, 0.25) is 0 Å². The molecule has 2 N–H and O–H groups in total. The number of aromatic amines is 1. The zero-order valence-electron chi connectivity index (χ0n) is 9.84. The molecule has 0 saturated heterocycles. The van der Waals surface area contributed by atoms with Crippen LogP contribution >= 0.6 is 0 Å². The molecule has 1 heterocycles. The summed E-state index contributed by atoms with van der Waals surface area (Å²) in [6, 6.07) is 2.82. The highest BCUT2D eigenvalue weighted by atomic mass is 14.9. The molecule has 0 aromatic carbocycles. The first kappa shape index (κ1) is 10.7. The maximum Gasteiger partial charge on any atom is 0.0223 e. The lowest BCUT2D eigenvalue weighted by molar-refractivity contribution is 0.167. The molecule has 1 fully saturated rings. The van der Waals surface area contributed by atoms with Gasteiger partial charge in [-0.25, -0.2) is 0 Å². The Kier molecular flexibility index (Phi) is 3.15. The summed E-state index contributed by atoms with van der Waals surface area (Å²) in [7, 11) is 0. The van der Waals surface area contributed by atoms with Crippen LogP contribution in [-0.2, 0) is 6.54 Å². The van der Waals surface area contributed by atoms with Crippen molar-refractivity contribution < 1.29 is 0 Å². The second-order valence-electron chi connectivity index (χ2n) is 5.39. The van der Waals surface area contributed by atoms with Crippen LogP contribution in [0.4, 0.5) is 0 Å². The smallest absolute Gasteiger partial charge is 0.0223 e. The lowest BCUT2D eigenvalue weighted by atomic mass is 9.73. The van der Waals surface area contributed by atoms with Crippen LogP contribution in [0.15, 0.2) is 18.5 Å². The summed E-state index contributed by atoms with van der Waals surface area (Å²) in [4.78, 5) is 3.10. The quantitative estimate of drug-likeness (QED) is 0.781. The number of hydrogen-bond donors (Lipinski definition) is 2. The van der Waals surface area contributed by atoms with Crippen LogP contribution in [0.1, 0.15) is 45.1 Å². The van der Waals surface area contributed by atoms with Gasteiger partial charge < -0.3 is 10.3 Å². The van der Waals surface area contributed by atoms with E-state index in [9.17, 15) is 0 Å². The minimum Gasteiger partial charge on any atom is -0.367 e. The first-order chi connectivity index (χ1) is 7.18. The molecule has 2 rings (SSSR count). The third-order valence-electron chi connectivity index (χ3n) is 3.72. The van der Waals surface area contributed by atoms with Crippen molar-refractivity contribution in [2.75, 3.05) is 0 Å². The normalized spacial score (nSPS) is 25.3. The molecule has 0 amide bonds. The zero-order valence-corrected chi connectivity index (χ0v) is 9.84. The maximum atomic E-state index is 3.69. The van der Waals surface area contributed by atoms with E-state index in [1.165, 1.54) is 31.2 Å². The fourth-order valence-electron chi connectivity index (χ4n) is 2.58. The van der Waals surface area contributed by atoms with Gasteiger partial charge in [0.2, 0.25) is 0 Å². The van der Waals surface area contributed by atoms with E-state index in [0.29, 0.717) is 11.5 Å². The van der Waals surface area contributed by atoms with Gasteiger partial charge in [0.15, 0.2) is 0 Å². The second-order valence-corrected chi connectivity index (χ2v) is 5.39. The topological polar surface area (TPSA) is 27.8 Å². The zero-order chi connectivity index (χ0) is 10.7. The van der Waals surface area contributed by atoms with Crippen LogP contribution < -0.4 is 5.32 Å². The van der Waals surface area contributed by atoms with Crippen LogP contribution in [0, 0.1) is 5.41 Å². The minimum absolute atomic E-state index is 0.467. The van der Waals surface area contributed by atoms with Crippen molar-refractivity contribution in [3.63, 3.8) is 0 Å². The highest BCUT2D eigenvalue weighted by Crippen LogP contribution is 2.35. The van der Waals surface area contributed by atoms with E-state index >= 15 is 0 Å². The first-order valence-electron chi connectivity index (χ1n) is 6.03. The SMILES string of the molecule is CC1(C)CCCCC1NCc1cc[nH]c1. The van der Waals surface area contributed by atoms with Crippen molar-refractivity contribution in [3.05, 3.63) is 24.0 Å². The molecule has 1 aromatic heterocycles. The molecule has 2 nitrogen and oxygen atoms in total. The highest BCUT2D eigenvalue weighted by molar-refractivity contribution is 5.08. The maximum absolute atomic E-state index is 3.69. The van der Waals surface area contributed by atoms with E-state index in [-0.39, 0.29) is 0 Å². The van der Waals surface area contributed by atoms with Gasteiger partial charge in [0.1, 0.15) is 0 Å². The first-order valence-corrected chi connectivity index (χ1v) is 6.03. The Hall–Kier alpha value is -0.760. The fraction of sp³-hybridized carbons (Fsp3) is 0.692. The van der Waals surface area contributed by atoms with Crippen molar-refractivity contribution in [3.8, 4) is 0 Å². The highest BCUT2D eigenvalue weighted by Gasteiger charge is 2.31. The Balaban J connectivity index is 1.88. The van der Waals surface area contributed by atoms with E-state index in [0.717, 1.165) is 6.54 Å². The summed E-state index contributed by atoms with van der Waals surface area (Å²) in [5.74, 6) is 0. The number of rotatable bonds is 3. The molecule has 1 unspecified atom stereocenters. The molecule has 0 aliphatic heterocycles. The molecule has 1 aromatic rings. The van der Waals surface area contributed by atoms with Crippen molar-refractivity contribution in [2.24, 2.45) is 5.41 Å². The molecule has 0 spiro atoms. The average Bonchev–Trinajstić information content (AvgIpc) is 2.68. The van der Waals surface area contributed by atoms with Crippen molar-refractivity contribution in [2.45, 2.75) is 52.1 Å². The Bertz CT molecular complexity index is 287. The molecule has 15 heavy (non-hydrogen) atoms. The molecule has 84 valence electrons. The van der Waals surface area contributed by atoms with Crippen LogP contribution in [0.3, 0.4) is 0 Å². The predicted octanol–water partition coefficient (Wildman–Crippen LogP) is 3.07. The number of aromatic nitrogens is 1. The number of nitrogens with one attached hydrogen (secondary N) is 2. The Morgan fingerprint density at radius 1 is 1.47 bits per heavy atom. The van der Waals surface area contributed by atoms with Gasteiger partial charge in [-0.2, -0.15) is 0 Å². The van der Waals surface area contributed by atoms with Gasteiger partial charge in [-0.1, -0.05) is 26.7 Å². The fourth-order valence-corrected chi connectivity index (χ4v) is 2.58. The van der Waals surface area contributed by atoms with Crippen molar-refractivity contribution in [1.82, 2.24) is 10.3 Å². The van der Waals surface area contributed by atoms with Gasteiger partial charge in [-0.3, -0.25) is 0 Å². The van der Waals surface area contributed by atoms with Gasteiger partial charge in [-0.15, -0.1) is 0 Å². The second kappa shape index (κ2) is 4.40. The molecule has 0 radical (unpaired) electrons. The molecule has 1 aliphatic carbocycles. The standard InChI is InChI=1S/C13H22N2/c1-13(2)7-4-3-5-12(13)15-10-11-6-8-14-9-11/h6,8-9,12,14-15H,3-5,7,10H2,1-2H3. The van der Waals surface area contributed by atoms with Gasteiger partial charge in [0, 0.05) is 25.0 Å². The lowest BCUT2D eigenvalue weighted by Gasteiger charge is -2.39. The Morgan fingerprint density at radius 2 is 2.33 bits per heavy atom. The number of hydrogen-bond acceptors (Lipinski definition) is 1. The molecule has 1 aliphatic rings. The van der Waals surface area contributed by atoms with E-state index in [1.807, 2.05) is 6.20 Å². The monoisotopic (exact) mass is 206 g/mol. The predicted molar refractivity (Wildman–Crippen MR) is 63.7 cm³/mol. The molecular formula is C13H22N2. The van der Waals surface area contributed by atoms with E-state index < -0.39 is 0 Å². The molecular weight excluding hydrogens is 184 g/mol. The summed E-state index contributed by atoms with van der Waals surface area (Å²) < 4.78 is 0. The van der Waals surface area contributed by atoms with E-state index in [2.05, 4.69) is 36.4 Å². The van der Waals surface area contributed by atoms with Gasteiger partial charge in [0.25, 0.3) is 0 Å². The van der Waals surface area contributed by atoms with Crippen LogP contribution in [-0.4, -0.2) is 11.0 Å². The summed E-state index contributed by atoms with van der Waals surface area (Å²) in [6.45, 7) is 5.78. The van der Waals surface area contributed by atoms with E-state index in [1.54, 1.807) is 0 Å². The largest absolute Gasteiger partial charge is 0.367 e. The number of H-pyrrole nitrogens is 1. The van der Waals surface area contributed by atoms with Crippen LogP contribution in [0.5, 0.6) is 0 Å². The Labute approximate surface area is 92.5 Å². The molecule has 0 bridgehead atoms. The van der Waals surface area contributed by atoms with E-state index in [4.69, 9.17) is 0 Å². The summed E-state index contributed by atoms with van der Waals surface area (Å²) in [6.07, 6.45) is 9.53. The summed E-state index contributed by atoms with van der Waals surface area (Å²) in [5, 5.41) is 3.69. The third-order valence-corrected chi connectivity index (χ3v) is 3.72. The molecule has 2 heteroatoms. The third kappa shape index (κ3) is 2.63. The Morgan fingerprint density at radius 3 is 3.00 bits per heavy atom. The summed E-state index contributed by atoms with van der Waals surface area (Å²) in [5.41, 5.74) is 1.82. The van der Waals surface area contributed by atoms with Crippen molar-refractivity contribution in [1.29, 1.82) is 0 Å².